The lowest BCUT2D eigenvalue weighted by Gasteiger charge is -2.28. The zero-order chi connectivity index (χ0) is 20.5. The number of aliphatic hydroxyl groups excluding tert-OH is 2. The molecule has 0 aromatic carbocycles. The van der Waals surface area contributed by atoms with E-state index in [1.165, 1.54) is 0 Å². The minimum absolute atomic E-state index is 0.0201. The molecule has 8 heteroatoms. The Kier molecular flexibility index (Phi) is 6.64. The second kappa shape index (κ2) is 8.65. The highest BCUT2D eigenvalue weighted by atomic mass is 16.6. The lowest BCUT2D eigenvalue weighted by atomic mass is 9.87. The molecule has 7 atom stereocenters. The average Bonchev–Trinajstić information content (AvgIpc) is 3.28. The summed E-state index contributed by atoms with van der Waals surface area (Å²) >= 11 is 0. The summed E-state index contributed by atoms with van der Waals surface area (Å²) in [6.07, 6.45) is 0.160. The van der Waals surface area contributed by atoms with Gasteiger partial charge in [-0.3, -0.25) is 9.59 Å². The molecule has 2 aliphatic carbocycles. The zero-order valence-electron chi connectivity index (χ0n) is 16.8. The standard InChI is InChI=1S/C20H32O8/c1-4-20(2,3)19(24)26-8-7-25-14(21)5-6-15(22)27-16-11-9-12-13(10-11)18(23)28-17(12)16/h11-13,16-19,23-24H,4-10H2,1-3H3. The van der Waals surface area contributed by atoms with Crippen LogP contribution >= 0.6 is 0 Å². The quantitative estimate of drug-likeness (QED) is 0.321. The Hall–Kier alpha value is -1.22. The number of esters is 2. The van der Waals surface area contributed by atoms with E-state index in [1.807, 2.05) is 20.8 Å². The smallest absolute Gasteiger partial charge is 0.306 e. The van der Waals surface area contributed by atoms with Crippen molar-refractivity contribution in [1.82, 2.24) is 0 Å². The van der Waals surface area contributed by atoms with Crippen molar-refractivity contribution in [2.75, 3.05) is 13.2 Å². The number of carbonyl (C=O) groups is 2. The molecule has 0 radical (unpaired) electrons. The number of hydrogen-bond acceptors (Lipinski definition) is 8. The molecule has 2 saturated carbocycles. The first kappa shape index (κ1) is 21.5. The first-order chi connectivity index (χ1) is 13.2. The number of ether oxygens (including phenoxy) is 4. The van der Waals surface area contributed by atoms with Crippen molar-refractivity contribution in [3.8, 4) is 0 Å². The van der Waals surface area contributed by atoms with Crippen molar-refractivity contribution >= 4 is 11.9 Å². The van der Waals surface area contributed by atoms with E-state index in [1.54, 1.807) is 0 Å². The molecule has 1 heterocycles. The van der Waals surface area contributed by atoms with Gasteiger partial charge < -0.3 is 29.2 Å². The van der Waals surface area contributed by atoms with E-state index >= 15 is 0 Å². The lowest BCUT2D eigenvalue weighted by molar-refractivity contribution is -0.177. The summed E-state index contributed by atoms with van der Waals surface area (Å²) in [5, 5.41) is 19.8. The first-order valence-electron chi connectivity index (χ1n) is 10.2. The minimum atomic E-state index is -0.927. The van der Waals surface area contributed by atoms with Gasteiger partial charge in [-0.2, -0.15) is 0 Å². The highest BCUT2D eigenvalue weighted by Gasteiger charge is 2.62. The van der Waals surface area contributed by atoms with Crippen LogP contribution in [0, 0.1) is 23.2 Å². The van der Waals surface area contributed by atoms with Gasteiger partial charge in [-0.25, -0.2) is 0 Å². The van der Waals surface area contributed by atoms with Crippen LogP contribution in [0.1, 0.15) is 52.9 Å². The maximum absolute atomic E-state index is 12.1. The van der Waals surface area contributed by atoms with Crippen molar-refractivity contribution in [1.29, 1.82) is 0 Å². The molecule has 160 valence electrons. The SMILES string of the molecule is CCC(C)(C)C(O)OCCOC(=O)CCC(=O)OC1C2CC3C(O)OC1C3C2. The van der Waals surface area contributed by atoms with E-state index in [2.05, 4.69) is 0 Å². The van der Waals surface area contributed by atoms with Crippen LogP contribution in [0.25, 0.3) is 0 Å². The first-order valence-corrected chi connectivity index (χ1v) is 10.2. The van der Waals surface area contributed by atoms with Crippen LogP contribution in [-0.2, 0) is 28.5 Å². The van der Waals surface area contributed by atoms with Gasteiger partial charge in [-0.05, 0) is 31.1 Å². The predicted octanol–water partition coefficient (Wildman–Crippen LogP) is 1.37. The molecule has 2 N–H and O–H groups in total. The van der Waals surface area contributed by atoms with Crippen LogP contribution in [0.15, 0.2) is 0 Å². The molecule has 0 aromatic rings. The van der Waals surface area contributed by atoms with Gasteiger partial charge in [-0.1, -0.05) is 20.8 Å². The molecule has 0 spiro atoms. The van der Waals surface area contributed by atoms with Gasteiger partial charge in [0.05, 0.1) is 19.4 Å². The largest absolute Gasteiger partial charge is 0.463 e. The summed E-state index contributed by atoms with van der Waals surface area (Å²) in [6.45, 7) is 5.86. The summed E-state index contributed by atoms with van der Waals surface area (Å²) in [6, 6.07) is 0. The molecular formula is C20H32O8. The van der Waals surface area contributed by atoms with E-state index in [0.717, 1.165) is 19.3 Å². The Bertz CT molecular complexity index is 577. The van der Waals surface area contributed by atoms with Crippen LogP contribution in [0.2, 0.25) is 0 Å². The van der Waals surface area contributed by atoms with E-state index in [4.69, 9.17) is 18.9 Å². The maximum atomic E-state index is 12.1. The normalized spacial score (nSPS) is 34.5. The van der Waals surface area contributed by atoms with Crippen LogP contribution in [-0.4, -0.2) is 60.2 Å². The van der Waals surface area contributed by atoms with E-state index < -0.39 is 24.5 Å². The third-order valence-electron chi connectivity index (χ3n) is 6.58. The Balaban J connectivity index is 1.30. The summed E-state index contributed by atoms with van der Waals surface area (Å²) in [5.74, 6) is -0.277. The van der Waals surface area contributed by atoms with Crippen LogP contribution < -0.4 is 0 Å². The monoisotopic (exact) mass is 400 g/mol. The van der Waals surface area contributed by atoms with E-state index in [0.29, 0.717) is 0 Å². The molecule has 3 aliphatic rings. The number of fused-ring (bicyclic) bond motifs is 1. The molecule has 1 aliphatic heterocycles. The second-order valence-corrected chi connectivity index (χ2v) is 8.79. The molecule has 7 unspecified atom stereocenters. The third kappa shape index (κ3) is 4.50. The maximum Gasteiger partial charge on any atom is 0.306 e. The molecule has 0 aromatic heterocycles. The van der Waals surface area contributed by atoms with Gasteiger partial charge in [0.15, 0.2) is 12.6 Å². The number of hydrogen-bond donors (Lipinski definition) is 2. The van der Waals surface area contributed by atoms with Crippen molar-refractivity contribution in [2.24, 2.45) is 23.2 Å². The average molecular weight is 400 g/mol. The van der Waals surface area contributed by atoms with Crippen molar-refractivity contribution in [3.63, 3.8) is 0 Å². The van der Waals surface area contributed by atoms with Crippen molar-refractivity contribution in [2.45, 2.75) is 77.7 Å². The van der Waals surface area contributed by atoms with Gasteiger partial charge >= 0.3 is 11.9 Å². The van der Waals surface area contributed by atoms with Crippen molar-refractivity contribution in [3.05, 3.63) is 0 Å². The topological polar surface area (TPSA) is 112 Å². The Morgan fingerprint density at radius 3 is 2.54 bits per heavy atom. The second-order valence-electron chi connectivity index (χ2n) is 8.79. The fourth-order valence-electron chi connectivity index (χ4n) is 4.44. The molecule has 3 rings (SSSR count). The summed E-state index contributed by atoms with van der Waals surface area (Å²) < 4.78 is 21.4. The van der Waals surface area contributed by atoms with Gasteiger partial charge in [0, 0.05) is 11.3 Å². The lowest BCUT2D eigenvalue weighted by Crippen LogP contribution is -2.36. The van der Waals surface area contributed by atoms with Gasteiger partial charge in [0.25, 0.3) is 0 Å². The van der Waals surface area contributed by atoms with Crippen LogP contribution in [0.5, 0.6) is 0 Å². The molecule has 2 bridgehead atoms. The molecule has 8 nitrogen and oxygen atoms in total. The molecular weight excluding hydrogens is 368 g/mol. The summed E-state index contributed by atoms with van der Waals surface area (Å²) in [4.78, 5) is 23.9. The zero-order valence-corrected chi connectivity index (χ0v) is 16.8. The fourth-order valence-corrected chi connectivity index (χ4v) is 4.44. The molecule has 0 amide bonds. The molecule has 3 fully saturated rings. The highest BCUT2D eigenvalue weighted by molar-refractivity contribution is 5.77. The van der Waals surface area contributed by atoms with E-state index in [-0.39, 0.29) is 61.4 Å². The van der Waals surface area contributed by atoms with Gasteiger partial charge in [0.2, 0.25) is 0 Å². The van der Waals surface area contributed by atoms with Crippen molar-refractivity contribution < 1.29 is 38.7 Å². The predicted molar refractivity (Wildman–Crippen MR) is 96.7 cm³/mol. The minimum Gasteiger partial charge on any atom is -0.463 e. The third-order valence-corrected chi connectivity index (χ3v) is 6.58. The molecule has 1 saturated heterocycles. The van der Waals surface area contributed by atoms with Crippen LogP contribution in [0.4, 0.5) is 0 Å². The Labute approximate surface area is 165 Å². The number of aliphatic hydroxyl groups is 2. The van der Waals surface area contributed by atoms with Gasteiger partial charge in [0.1, 0.15) is 18.8 Å². The fraction of sp³-hybridized carbons (Fsp3) is 0.900. The highest BCUT2D eigenvalue weighted by Crippen LogP contribution is 2.56. The Morgan fingerprint density at radius 2 is 1.82 bits per heavy atom. The summed E-state index contributed by atoms with van der Waals surface area (Å²) in [7, 11) is 0. The molecule has 28 heavy (non-hydrogen) atoms. The number of rotatable bonds is 10. The van der Waals surface area contributed by atoms with E-state index in [9.17, 15) is 19.8 Å². The van der Waals surface area contributed by atoms with Crippen LogP contribution in [0.3, 0.4) is 0 Å². The van der Waals surface area contributed by atoms with Gasteiger partial charge in [-0.15, -0.1) is 0 Å². The Morgan fingerprint density at radius 1 is 1.14 bits per heavy atom. The summed E-state index contributed by atoms with van der Waals surface area (Å²) in [5.41, 5.74) is -0.369. The number of carbonyl (C=O) groups excluding carboxylic acids is 2.